The van der Waals surface area contributed by atoms with Gasteiger partial charge < -0.3 is 10.3 Å². The fourth-order valence-electron chi connectivity index (χ4n) is 2.18. The zero-order chi connectivity index (χ0) is 13.8. The molecule has 102 valence electrons. The lowest BCUT2D eigenvalue weighted by atomic mass is 10.0. The summed E-state index contributed by atoms with van der Waals surface area (Å²) in [7, 11) is 0. The van der Waals surface area contributed by atoms with Crippen LogP contribution in [0.3, 0.4) is 0 Å². The fourth-order valence-corrected chi connectivity index (χ4v) is 2.56. The van der Waals surface area contributed by atoms with E-state index >= 15 is 0 Å². The molecule has 0 bridgehead atoms. The van der Waals surface area contributed by atoms with Gasteiger partial charge in [-0.1, -0.05) is 30.7 Å². The van der Waals surface area contributed by atoms with Crippen molar-refractivity contribution in [2.75, 3.05) is 0 Å². The lowest BCUT2D eigenvalue weighted by Crippen LogP contribution is -2.07. The van der Waals surface area contributed by atoms with Gasteiger partial charge in [-0.3, -0.25) is 0 Å². The van der Waals surface area contributed by atoms with Crippen molar-refractivity contribution >= 4 is 11.6 Å². The highest BCUT2D eigenvalue weighted by molar-refractivity contribution is 6.31. The second-order valence-electron chi connectivity index (χ2n) is 4.86. The molecule has 2 N–H and O–H groups in total. The minimum Gasteiger partial charge on any atom is -0.335 e. The molecule has 1 atom stereocenters. The van der Waals surface area contributed by atoms with E-state index in [1.807, 2.05) is 31.5 Å². The van der Waals surface area contributed by atoms with Gasteiger partial charge in [0.1, 0.15) is 5.82 Å². The molecule has 0 aliphatic rings. The van der Waals surface area contributed by atoms with Gasteiger partial charge in [-0.15, -0.1) is 0 Å². The molecule has 3 nitrogen and oxygen atoms in total. The van der Waals surface area contributed by atoms with Crippen LogP contribution in [0.5, 0.6) is 0 Å². The Morgan fingerprint density at radius 1 is 1.42 bits per heavy atom. The Labute approximate surface area is 119 Å². The molecule has 0 aliphatic carbocycles. The molecule has 1 heterocycles. The standard InChI is InChI=1S/C15H20ClN3/c1-3-7-19-8-6-18-15(19)10-12-4-5-13(11(2)17)14(16)9-12/h4-6,8-9,11H,3,7,10,17H2,1-2H3. The normalized spacial score (nSPS) is 12.6. The Balaban J connectivity index is 2.19. The first-order chi connectivity index (χ1) is 9.11. The first kappa shape index (κ1) is 14.1. The molecule has 0 radical (unpaired) electrons. The Morgan fingerprint density at radius 3 is 2.84 bits per heavy atom. The second kappa shape index (κ2) is 6.22. The molecule has 0 saturated heterocycles. The van der Waals surface area contributed by atoms with Crippen molar-refractivity contribution in [3.8, 4) is 0 Å². The lowest BCUT2D eigenvalue weighted by molar-refractivity contribution is 0.647. The van der Waals surface area contributed by atoms with E-state index in [0.29, 0.717) is 0 Å². The largest absolute Gasteiger partial charge is 0.335 e. The number of rotatable bonds is 5. The molecule has 1 aromatic heterocycles. The van der Waals surface area contributed by atoms with E-state index < -0.39 is 0 Å². The molecular weight excluding hydrogens is 258 g/mol. The number of nitrogens with zero attached hydrogens (tertiary/aromatic N) is 2. The van der Waals surface area contributed by atoms with Crippen LogP contribution >= 0.6 is 11.6 Å². The van der Waals surface area contributed by atoms with E-state index in [1.165, 1.54) is 0 Å². The molecular formula is C15H20ClN3. The number of halogens is 1. The third-order valence-corrected chi connectivity index (χ3v) is 3.51. The van der Waals surface area contributed by atoms with Gasteiger partial charge >= 0.3 is 0 Å². The van der Waals surface area contributed by atoms with Crippen molar-refractivity contribution in [3.05, 3.63) is 52.6 Å². The van der Waals surface area contributed by atoms with Gasteiger partial charge in [-0.25, -0.2) is 4.98 Å². The Hall–Kier alpha value is -1.32. The minimum absolute atomic E-state index is 0.0383. The summed E-state index contributed by atoms with van der Waals surface area (Å²) in [5.74, 6) is 1.08. The van der Waals surface area contributed by atoms with Gasteiger partial charge in [0.15, 0.2) is 0 Å². The maximum absolute atomic E-state index is 6.26. The number of hydrogen-bond donors (Lipinski definition) is 1. The van der Waals surface area contributed by atoms with Gasteiger partial charge in [-0.05, 0) is 30.5 Å². The highest BCUT2D eigenvalue weighted by Gasteiger charge is 2.08. The van der Waals surface area contributed by atoms with E-state index in [9.17, 15) is 0 Å². The van der Waals surface area contributed by atoms with Gasteiger partial charge in [0.25, 0.3) is 0 Å². The van der Waals surface area contributed by atoms with E-state index in [2.05, 4.69) is 22.5 Å². The maximum atomic E-state index is 6.26. The number of hydrogen-bond acceptors (Lipinski definition) is 2. The van der Waals surface area contributed by atoms with E-state index in [0.717, 1.165) is 41.4 Å². The number of aryl methyl sites for hydroxylation is 1. The Morgan fingerprint density at radius 2 is 2.21 bits per heavy atom. The second-order valence-corrected chi connectivity index (χ2v) is 5.27. The van der Waals surface area contributed by atoms with Crippen molar-refractivity contribution < 1.29 is 0 Å². The summed E-state index contributed by atoms with van der Waals surface area (Å²) in [6.07, 6.45) is 5.78. The van der Waals surface area contributed by atoms with Crippen LogP contribution in [0, 0.1) is 0 Å². The zero-order valence-corrected chi connectivity index (χ0v) is 12.2. The third-order valence-electron chi connectivity index (χ3n) is 3.18. The van der Waals surface area contributed by atoms with Crippen molar-refractivity contribution in [1.82, 2.24) is 9.55 Å². The van der Waals surface area contributed by atoms with E-state index in [-0.39, 0.29) is 6.04 Å². The van der Waals surface area contributed by atoms with Gasteiger partial charge in [-0.2, -0.15) is 0 Å². The highest BCUT2D eigenvalue weighted by Crippen LogP contribution is 2.23. The molecule has 0 aliphatic heterocycles. The zero-order valence-electron chi connectivity index (χ0n) is 11.4. The quantitative estimate of drug-likeness (QED) is 0.908. The molecule has 0 amide bonds. The number of benzene rings is 1. The van der Waals surface area contributed by atoms with Crippen LogP contribution in [0.4, 0.5) is 0 Å². The van der Waals surface area contributed by atoms with Gasteiger partial charge in [0.2, 0.25) is 0 Å². The predicted molar refractivity (Wildman–Crippen MR) is 79.4 cm³/mol. The van der Waals surface area contributed by atoms with Crippen LogP contribution in [-0.2, 0) is 13.0 Å². The Bertz CT molecular complexity index is 546. The van der Waals surface area contributed by atoms with Crippen LogP contribution in [0.15, 0.2) is 30.6 Å². The van der Waals surface area contributed by atoms with Crippen LogP contribution < -0.4 is 5.73 Å². The predicted octanol–water partition coefficient (Wildman–Crippen LogP) is 3.56. The first-order valence-electron chi connectivity index (χ1n) is 6.65. The lowest BCUT2D eigenvalue weighted by Gasteiger charge is -2.11. The van der Waals surface area contributed by atoms with Crippen molar-refractivity contribution in [2.45, 2.75) is 39.3 Å². The van der Waals surface area contributed by atoms with Crippen molar-refractivity contribution in [3.63, 3.8) is 0 Å². The van der Waals surface area contributed by atoms with Gasteiger partial charge in [0.05, 0.1) is 0 Å². The highest BCUT2D eigenvalue weighted by atomic mass is 35.5. The summed E-state index contributed by atoms with van der Waals surface area (Å²) >= 11 is 6.26. The van der Waals surface area contributed by atoms with Crippen molar-refractivity contribution in [1.29, 1.82) is 0 Å². The van der Waals surface area contributed by atoms with Crippen molar-refractivity contribution in [2.24, 2.45) is 5.73 Å². The van der Waals surface area contributed by atoms with Crippen LogP contribution in [0.2, 0.25) is 5.02 Å². The summed E-state index contributed by atoms with van der Waals surface area (Å²) in [5.41, 5.74) is 8.02. The molecule has 2 rings (SSSR count). The van der Waals surface area contributed by atoms with Gasteiger partial charge in [0, 0.05) is 36.4 Å². The number of nitrogens with two attached hydrogens (primary N) is 1. The molecule has 19 heavy (non-hydrogen) atoms. The number of aromatic nitrogens is 2. The van der Waals surface area contributed by atoms with Crippen LogP contribution in [-0.4, -0.2) is 9.55 Å². The molecule has 4 heteroatoms. The molecule has 1 unspecified atom stereocenters. The molecule has 0 fully saturated rings. The molecule has 1 aromatic carbocycles. The first-order valence-corrected chi connectivity index (χ1v) is 7.03. The summed E-state index contributed by atoms with van der Waals surface area (Å²) < 4.78 is 2.19. The topological polar surface area (TPSA) is 43.8 Å². The summed E-state index contributed by atoms with van der Waals surface area (Å²) in [4.78, 5) is 4.41. The van der Waals surface area contributed by atoms with Crippen LogP contribution in [0.25, 0.3) is 0 Å². The fraction of sp³-hybridized carbons (Fsp3) is 0.400. The SMILES string of the molecule is CCCn1ccnc1Cc1ccc(C(C)N)c(Cl)c1. The van der Waals surface area contributed by atoms with E-state index in [4.69, 9.17) is 17.3 Å². The van der Waals surface area contributed by atoms with E-state index in [1.54, 1.807) is 0 Å². The summed E-state index contributed by atoms with van der Waals surface area (Å²) in [5, 5.41) is 0.737. The smallest absolute Gasteiger partial charge is 0.113 e. The summed E-state index contributed by atoms with van der Waals surface area (Å²) in [6.45, 7) is 5.11. The average molecular weight is 278 g/mol. The molecule has 0 saturated carbocycles. The summed E-state index contributed by atoms with van der Waals surface area (Å²) in [6, 6.07) is 6.04. The molecule has 2 aromatic rings. The molecule has 0 spiro atoms. The average Bonchev–Trinajstić information content (AvgIpc) is 2.77. The number of imidazole rings is 1. The Kier molecular flexibility index (Phi) is 4.61. The third kappa shape index (κ3) is 3.37. The monoisotopic (exact) mass is 277 g/mol. The van der Waals surface area contributed by atoms with Crippen LogP contribution in [0.1, 0.15) is 43.3 Å². The minimum atomic E-state index is -0.0383. The maximum Gasteiger partial charge on any atom is 0.113 e.